The Bertz CT molecular complexity index is 470. The summed E-state index contributed by atoms with van der Waals surface area (Å²) in [5, 5.41) is 0. The predicted molar refractivity (Wildman–Crippen MR) is 62.9 cm³/mol. The summed E-state index contributed by atoms with van der Waals surface area (Å²) in [5.41, 5.74) is 0. The van der Waals surface area contributed by atoms with Gasteiger partial charge in [-0.3, -0.25) is 0 Å². The van der Waals surface area contributed by atoms with Gasteiger partial charge in [-0.2, -0.15) is 0 Å². The van der Waals surface area contributed by atoms with E-state index in [0.717, 1.165) is 0 Å². The molecule has 0 saturated carbocycles. The number of rotatable bonds is 4. The van der Waals surface area contributed by atoms with Crippen LogP contribution in [0.2, 0.25) is 0 Å². The molecule has 0 unspecified atom stereocenters. The highest BCUT2D eigenvalue weighted by molar-refractivity contribution is 7.48. The van der Waals surface area contributed by atoms with Crippen LogP contribution in [0.5, 0.6) is 11.5 Å². The Balaban J connectivity index is 2.07. The first kappa shape index (κ1) is 11.7. The zero-order valence-electron chi connectivity index (χ0n) is 8.82. The van der Waals surface area contributed by atoms with E-state index >= 15 is 0 Å². The lowest BCUT2D eigenvalue weighted by Crippen LogP contribution is -1.95. The van der Waals surface area contributed by atoms with Gasteiger partial charge < -0.3 is 9.05 Å². The number of halogens is 1. The minimum atomic E-state index is -4.64. The smallest absolute Gasteiger partial charge is 0.392 e. The van der Waals surface area contributed by atoms with Gasteiger partial charge >= 0.3 is 7.91 Å². The molecule has 0 spiro atoms. The van der Waals surface area contributed by atoms with Gasteiger partial charge in [0.05, 0.1) is 0 Å². The van der Waals surface area contributed by atoms with Gasteiger partial charge in [0.15, 0.2) is 0 Å². The molecule has 0 bridgehead atoms. The molecule has 0 fully saturated rings. The van der Waals surface area contributed by atoms with Crippen molar-refractivity contribution in [1.29, 1.82) is 0 Å². The maximum atomic E-state index is 13.6. The Kier molecular flexibility index (Phi) is 3.45. The van der Waals surface area contributed by atoms with Gasteiger partial charge in [-0.25, -0.2) is 4.57 Å². The summed E-state index contributed by atoms with van der Waals surface area (Å²) in [4.78, 5) is 0. The van der Waals surface area contributed by atoms with Gasteiger partial charge in [0, 0.05) is 0 Å². The van der Waals surface area contributed by atoms with E-state index in [1.54, 1.807) is 36.4 Å². The van der Waals surface area contributed by atoms with Crippen LogP contribution >= 0.6 is 7.91 Å². The van der Waals surface area contributed by atoms with Gasteiger partial charge in [0.25, 0.3) is 0 Å². The van der Waals surface area contributed by atoms with E-state index in [0.29, 0.717) is 0 Å². The second kappa shape index (κ2) is 5.02. The van der Waals surface area contributed by atoms with Crippen molar-refractivity contribution in [3.05, 3.63) is 60.7 Å². The van der Waals surface area contributed by atoms with E-state index < -0.39 is 7.91 Å². The van der Waals surface area contributed by atoms with Crippen molar-refractivity contribution in [2.75, 3.05) is 0 Å². The molecule has 0 radical (unpaired) electrons. The second-order valence-electron chi connectivity index (χ2n) is 3.24. The molecule has 0 heterocycles. The third-order valence-corrected chi connectivity index (χ3v) is 2.77. The van der Waals surface area contributed by atoms with E-state index in [9.17, 15) is 8.76 Å². The number of para-hydroxylation sites is 2. The third-order valence-electron chi connectivity index (χ3n) is 1.92. The van der Waals surface area contributed by atoms with Crippen LogP contribution in [0.4, 0.5) is 4.20 Å². The molecular formula is C12H10FO3P. The minimum Gasteiger partial charge on any atom is -0.392 e. The molecule has 0 aromatic heterocycles. The second-order valence-corrected chi connectivity index (χ2v) is 4.47. The average Bonchev–Trinajstić information content (AvgIpc) is 2.30. The van der Waals surface area contributed by atoms with Crippen LogP contribution in [0.25, 0.3) is 0 Å². The molecule has 2 aromatic carbocycles. The Morgan fingerprint density at radius 1 is 0.765 bits per heavy atom. The normalized spacial score (nSPS) is 10.9. The lowest BCUT2D eigenvalue weighted by molar-refractivity contribution is 0.338. The van der Waals surface area contributed by atoms with Gasteiger partial charge in [-0.1, -0.05) is 36.4 Å². The maximum Gasteiger partial charge on any atom is 0.628 e. The first-order valence-electron chi connectivity index (χ1n) is 4.95. The van der Waals surface area contributed by atoms with Crippen LogP contribution in [-0.2, 0) is 4.57 Å². The monoisotopic (exact) mass is 252 g/mol. The summed E-state index contributed by atoms with van der Waals surface area (Å²) < 4.78 is 34.4. The third kappa shape index (κ3) is 3.61. The van der Waals surface area contributed by atoms with Crippen LogP contribution in [-0.4, -0.2) is 0 Å². The molecule has 5 heteroatoms. The first-order valence-corrected chi connectivity index (χ1v) is 6.38. The molecule has 2 rings (SSSR count). The molecule has 0 aliphatic rings. The molecule has 3 nitrogen and oxygen atoms in total. The summed E-state index contributed by atoms with van der Waals surface area (Å²) in [6, 6.07) is 16.1. The van der Waals surface area contributed by atoms with Gasteiger partial charge in [-0.05, 0) is 24.3 Å². The maximum absolute atomic E-state index is 13.6. The van der Waals surface area contributed by atoms with Crippen molar-refractivity contribution in [3.63, 3.8) is 0 Å². The van der Waals surface area contributed by atoms with Crippen molar-refractivity contribution in [3.8, 4) is 11.5 Å². The van der Waals surface area contributed by atoms with Crippen LogP contribution in [0.15, 0.2) is 60.7 Å². The molecule has 0 aliphatic carbocycles. The summed E-state index contributed by atoms with van der Waals surface area (Å²) in [6.45, 7) is 0. The van der Waals surface area contributed by atoms with E-state index in [2.05, 4.69) is 9.05 Å². The Hall–Kier alpha value is -1.80. The lowest BCUT2D eigenvalue weighted by Gasteiger charge is -2.11. The number of hydrogen-bond acceptors (Lipinski definition) is 3. The fraction of sp³-hybridized carbons (Fsp3) is 0. The summed E-state index contributed by atoms with van der Waals surface area (Å²) >= 11 is 0. The highest BCUT2D eigenvalue weighted by atomic mass is 31.2. The standard InChI is InChI=1S/C12H10FO3P/c13-17(14,15-11-7-3-1-4-8-11)16-12-9-5-2-6-10-12/h1-10H. The topological polar surface area (TPSA) is 35.5 Å². The molecule has 2 aromatic rings. The number of hydrogen-bond donors (Lipinski definition) is 0. The van der Waals surface area contributed by atoms with Crippen LogP contribution in [0.3, 0.4) is 0 Å². The highest BCUT2D eigenvalue weighted by Crippen LogP contribution is 2.49. The number of benzene rings is 2. The van der Waals surface area contributed by atoms with Gasteiger partial charge in [0.2, 0.25) is 0 Å². The minimum absolute atomic E-state index is 0.161. The van der Waals surface area contributed by atoms with E-state index in [1.165, 1.54) is 24.3 Å². The molecule has 0 amide bonds. The first-order chi connectivity index (χ1) is 8.16. The largest absolute Gasteiger partial charge is 0.628 e. The van der Waals surface area contributed by atoms with Crippen molar-refractivity contribution < 1.29 is 17.8 Å². The van der Waals surface area contributed by atoms with Crippen molar-refractivity contribution in [1.82, 2.24) is 0 Å². The van der Waals surface area contributed by atoms with Gasteiger partial charge in [0.1, 0.15) is 11.5 Å². The van der Waals surface area contributed by atoms with E-state index in [1.807, 2.05) is 0 Å². The van der Waals surface area contributed by atoms with Crippen LogP contribution in [0.1, 0.15) is 0 Å². The Labute approximate surface area is 98.5 Å². The quantitative estimate of drug-likeness (QED) is 0.764. The molecule has 0 atom stereocenters. The van der Waals surface area contributed by atoms with Crippen molar-refractivity contribution >= 4 is 7.91 Å². The van der Waals surface area contributed by atoms with E-state index in [4.69, 9.17) is 0 Å². The van der Waals surface area contributed by atoms with Crippen molar-refractivity contribution in [2.24, 2.45) is 0 Å². The fourth-order valence-electron chi connectivity index (χ4n) is 1.23. The van der Waals surface area contributed by atoms with E-state index in [-0.39, 0.29) is 11.5 Å². The predicted octanol–water partition coefficient (Wildman–Crippen LogP) is 4.22. The molecule has 0 aliphatic heterocycles. The Morgan fingerprint density at radius 3 is 1.47 bits per heavy atom. The zero-order chi connectivity index (χ0) is 12.1. The molecule has 0 N–H and O–H groups in total. The highest BCUT2D eigenvalue weighted by Gasteiger charge is 2.27. The lowest BCUT2D eigenvalue weighted by atomic mass is 10.3. The van der Waals surface area contributed by atoms with Crippen LogP contribution < -0.4 is 9.05 Å². The SMILES string of the molecule is O=P(F)(Oc1ccccc1)Oc1ccccc1. The Morgan fingerprint density at radius 2 is 1.12 bits per heavy atom. The molecule has 0 saturated heterocycles. The van der Waals surface area contributed by atoms with Gasteiger partial charge in [-0.15, -0.1) is 4.20 Å². The summed E-state index contributed by atoms with van der Waals surface area (Å²) in [7, 11) is -4.64. The summed E-state index contributed by atoms with van der Waals surface area (Å²) in [5.74, 6) is 0.323. The average molecular weight is 252 g/mol. The fourth-order valence-corrected chi connectivity index (χ4v) is 2.02. The molecule has 17 heavy (non-hydrogen) atoms. The summed E-state index contributed by atoms with van der Waals surface area (Å²) in [6.07, 6.45) is 0. The molecular weight excluding hydrogens is 242 g/mol. The van der Waals surface area contributed by atoms with Crippen molar-refractivity contribution in [2.45, 2.75) is 0 Å². The molecule has 88 valence electrons. The van der Waals surface area contributed by atoms with Crippen LogP contribution in [0, 0.1) is 0 Å². The zero-order valence-corrected chi connectivity index (χ0v) is 9.72.